The molecule has 3 amide bonds. The van der Waals surface area contributed by atoms with Crippen LogP contribution >= 0.6 is 11.8 Å². The number of rotatable bonds is 8. The third-order valence-electron chi connectivity index (χ3n) is 6.36. The van der Waals surface area contributed by atoms with Crippen molar-refractivity contribution in [1.29, 1.82) is 0 Å². The molecular formula is C31H23N3O6S. The van der Waals surface area contributed by atoms with Gasteiger partial charge in [-0.05, 0) is 72.8 Å². The first-order valence-corrected chi connectivity index (χ1v) is 13.4. The highest BCUT2D eigenvalue weighted by Gasteiger charge is 2.40. The second kappa shape index (κ2) is 11.1. The predicted molar refractivity (Wildman–Crippen MR) is 155 cm³/mol. The van der Waals surface area contributed by atoms with Crippen LogP contribution in [-0.2, 0) is 9.59 Å². The van der Waals surface area contributed by atoms with Crippen LogP contribution < -0.4 is 29.7 Å². The number of nitrogens with zero attached hydrogens (tertiary/aromatic N) is 1. The molecule has 2 aliphatic heterocycles. The van der Waals surface area contributed by atoms with Crippen LogP contribution in [0, 0.1) is 0 Å². The van der Waals surface area contributed by atoms with E-state index in [1.165, 1.54) is 0 Å². The smallest absolute Gasteiger partial charge is 0.283 e. The van der Waals surface area contributed by atoms with E-state index in [2.05, 4.69) is 10.6 Å². The molecule has 10 heteroatoms. The Morgan fingerprint density at radius 2 is 1.61 bits per heavy atom. The largest absolute Gasteiger partial charge is 0.497 e. The predicted octanol–water partition coefficient (Wildman–Crippen LogP) is 5.67. The summed E-state index contributed by atoms with van der Waals surface area (Å²) in [6, 6.07) is 27.9. The van der Waals surface area contributed by atoms with Crippen molar-refractivity contribution in [2.45, 2.75) is 4.90 Å². The Morgan fingerprint density at radius 3 is 2.39 bits per heavy atom. The number of anilines is 3. The molecule has 6 rings (SSSR count). The van der Waals surface area contributed by atoms with E-state index in [0.717, 1.165) is 16.7 Å². The molecule has 2 aliphatic rings. The molecule has 0 unspecified atom stereocenters. The molecule has 0 spiro atoms. The van der Waals surface area contributed by atoms with Gasteiger partial charge < -0.3 is 24.8 Å². The van der Waals surface area contributed by atoms with Crippen molar-refractivity contribution in [2.75, 3.05) is 29.4 Å². The van der Waals surface area contributed by atoms with Crippen LogP contribution in [0.1, 0.15) is 10.4 Å². The SMILES string of the molecule is COc1ccc(NC2=C(Sc3cccc(NC(=O)c4ccc5c(c4)OCO5)c3)C(=O)N(c3ccccc3)C2=O)cc1. The summed E-state index contributed by atoms with van der Waals surface area (Å²) in [5.41, 5.74) is 2.19. The number of carbonyl (C=O) groups is 3. The molecule has 0 aromatic heterocycles. The topological polar surface area (TPSA) is 106 Å². The average Bonchev–Trinajstić information content (AvgIpc) is 3.56. The van der Waals surface area contributed by atoms with Crippen LogP contribution in [0.15, 0.2) is 113 Å². The Bertz CT molecular complexity index is 1690. The number of fused-ring (bicyclic) bond motifs is 1. The molecule has 0 aliphatic carbocycles. The van der Waals surface area contributed by atoms with Crippen molar-refractivity contribution in [3.05, 3.63) is 113 Å². The molecule has 0 saturated heterocycles. The minimum absolute atomic E-state index is 0.119. The van der Waals surface area contributed by atoms with Crippen LogP contribution in [0.2, 0.25) is 0 Å². The number of imide groups is 1. The monoisotopic (exact) mass is 565 g/mol. The highest BCUT2D eigenvalue weighted by atomic mass is 32.2. The number of nitrogens with one attached hydrogen (secondary N) is 2. The molecule has 0 atom stereocenters. The van der Waals surface area contributed by atoms with Crippen LogP contribution in [0.25, 0.3) is 0 Å². The molecule has 2 N–H and O–H groups in total. The Hall–Kier alpha value is -5.22. The molecule has 2 heterocycles. The summed E-state index contributed by atoms with van der Waals surface area (Å²) in [7, 11) is 1.57. The van der Waals surface area contributed by atoms with E-state index < -0.39 is 11.8 Å². The number of ether oxygens (including phenoxy) is 3. The first-order chi connectivity index (χ1) is 20.0. The summed E-state index contributed by atoms with van der Waals surface area (Å²) in [6.45, 7) is 0.119. The van der Waals surface area contributed by atoms with Crippen molar-refractivity contribution < 1.29 is 28.6 Å². The summed E-state index contributed by atoms with van der Waals surface area (Å²) >= 11 is 1.14. The number of benzene rings is 4. The third-order valence-corrected chi connectivity index (χ3v) is 7.43. The normalized spacial score (nSPS) is 13.9. The van der Waals surface area contributed by atoms with Gasteiger partial charge in [-0.1, -0.05) is 36.0 Å². The zero-order valence-electron chi connectivity index (χ0n) is 21.7. The molecule has 4 aromatic rings. The van der Waals surface area contributed by atoms with Gasteiger partial charge in [0.15, 0.2) is 11.5 Å². The molecule has 0 saturated carbocycles. The maximum atomic E-state index is 13.6. The van der Waals surface area contributed by atoms with Crippen molar-refractivity contribution in [2.24, 2.45) is 0 Å². The molecule has 0 bridgehead atoms. The van der Waals surface area contributed by atoms with Gasteiger partial charge in [-0.15, -0.1) is 0 Å². The summed E-state index contributed by atoms with van der Waals surface area (Å²) in [4.78, 5) is 42.2. The first-order valence-electron chi connectivity index (χ1n) is 12.6. The van der Waals surface area contributed by atoms with Crippen LogP contribution in [-0.4, -0.2) is 31.6 Å². The van der Waals surface area contributed by atoms with E-state index in [0.29, 0.717) is 44.8 Å². The number of amides is 3. The molecule has 0 fully saturated rings. The molecular weight excluding hydrogens is 542 g/mol. The lowest BCUT2D eigenvalue weighted by molar-refractivity contribution is -0.120. The number of para-hydroxylation sites is 1. The van der Waals surface area contributed by atoms with Gasteiger partial charge in [-0.2, -0.15) is 0 Å². The minimum atomic E-state index is -0.466. The van der Waals surface area contributed by atoms with Crippen molar-refractivity contribution in [1.82, 2.24) is 0 Å². The molecule has 9 nitrogen and oxygen atoms in total. The van der Waals surface area contributed by atoms with E-state index in [-0.39, 0.29) is 23.3 Å². The molecule has 41 heavy (non-hydrogen) atoms. The summed E-state index contributed by atoms with van der Waals surface area (Å²) in [6.07, 6.45) is 0. The second-order valence-corrected chi connectivity index (χ2v) is 10.1. The lowest BCUT2D eigenvalue weighted by Gasteiger charge is -2.15. The Balaban J connectivity index is 1.27. The number of hydrogen-bond acceptors (Lipinski definition) is 8. The second-order valence-electron chi connectivity index (χ2n) is 8.99. The standard InChI is InChI=1S/C31H23N3O6S/c1-38-23-13-11-20(12-14-23)32-27-28(31(37)34(30(27)36)22-7-3-2-4-8-22)41-24-9-5-6-21(17-24)33-29(35)19-10-15-25-26(16-19)40-18-39-25/h2-17,32H,18H2,1H3,(H,33,35). The molecule has 204 valence electrons. The number of thioether (sulfide) groups is 1. The fourth-order valence-corrected chi connectivity index (χ4v) is 5.33. The lowest BCUT2D eigenvalue weighted by atomic mass is 10.2. The Labute approximate surface area is 239 Å². The molecule has 4 aromatic carbocycles. The Morgan fingerprint density at radius 1 is 0.829 bits per heavy atom. The Kier molecular flexibility index (Phi) is 7.05. The summed E-state index contributed by atoms with van der Waals surface area (Å²) in [5.74, 6) is 0.530. The fourth-order valence-electron chi connectivity index (χ4n) is 4.34. The first kappa shape index (κ1) is 26.0. The third kappa shape index (κ3) is 5.32. The van der Waals surface area contributed by atoms with Gasteiger partial charge in [0.05, 0.1) is 12.8 Å². The lowest BCUT2D eigenvalue weighted by Crippen LogP contribution is -2.32. The van der Waals surface area contributed by atoms with Crippen molar-refractivity contribution in [3.63, 3.8) is 0 Å². The van der Waals surface area contributed by atoms with Gasteiger partial charge in [0.25, 0.3) is 17.7 Å². The quantitative estimate of drug-likeness (QED) is 0.264. The van der Waals surface area contributed by atoms with E-state index in [9.17, 15) is 14.4 Å². The maximum absolute atomic E-state index is 13.6. The van der Waals surface area contributed by atoms with E-state index >= 15 is 0 Å². The molecule has 0 radical (unpaired) electrons. The van der Waals surface area contributed by atoms with Gasteiger partial charge in [0.2, 0.25) is 6.79 Å². The van der Waals surface area contributed by atoms with Crippen LogP contribution in [0.4, 0.5) is 17.1 Å². The van der Waals surface area contributed by atoms with Crippen molar-refractivity contribution >= 4 is 46.5 Å². The van der Waals surface area contributed by atoms with Crippen molar-refractivity contribution in [3.8, 4) is 17.2 Å². The fraction of sp³-hybridized carbons (Fsp3) is 0.0645. The van der Waals surface area contributed by atoms with Gasteiger partial charge in [0.1, 0.15) is 16.4 Å². The minimum Gasteiger partial charge on any atom is -0.497 e. The highest BCUT2D eigenvalue weighted by molar-refractivity contribution is 8.04. The van der Waals surface area contributed by atoms with E-state index in [1.807, 2.05) is 12.1 Å². The summed E-state index contributed by atoms with van der Waals surface area (Å²) < 4.78 is 15.9. The van der Waals surface area contributed by atoms with Gasteiger partial charge in [-0.3, -0.25) is 14.4 Å². The number of hydrogen-bond donors (Lipinski definition) is 2. The van der Waals surface area contributed by atoms with Gasteiger partial charge in [0, 0.05) is 21.8 Å². The van der Waals surface area contributed by atoms with Gasteiger partial charge in [-0.25, -0.2) is 4.90 Å². The maximum Gasteiger partial charge on any atom is 0.283 e. The number of methoxy groups -OCH3 is 1. The highest BCUT2D eigenvalue weighted by Crippen LogP contribution is 2.39. The van der Waals surface area contributed by atoms with E-state index in [1.54, 1.807) is 92.0 Å². The van der Waals surface area contributed by atoms with Crippen LogP contribution in [0.5, 0.6) is 17.2 Å². The summed E-state index contributed by atoms with van der Waals surface area (Å²) in [5, 5.41) is 6.01. The zero-order chi connectivity index (χ0) is 28.3. The van der Waals surface area contributed by atoms with E-state index in [4.69, 9.17) is 14.2 Å². The van der Waals surface area contributed by atoms with Gasteiger partial charge >= 0.3 is 0 Å². The average molecular weight is 566 g/mol. The number of carbonyl (C=O) groups excluding carboxylic acids is 3. The zero-order valence-corrected chi connectivity index (χ0v) is 22.6. The van der Waals surface area contributed by atoms with Crippen LogP contribution in [0.3, 0.4) is 0 Å².